The van der Waals surface area contributed by atoms with Crippen molar-refractivity contribution in [2.75, 3.05) is 55.0 Å². The lowest BCUT2D eigenvalue weighted by Crippen LogP contribution is -2.47. The number of pyridine rings is 1. The van der Waals surface area contributed by atoms with E-state index in [0.717, 1.165) is 55.6 Å². The van der Waals surface area contributed by atoms with E-state index in [-0.39, 0.29) is 0 Å². The molecule has 0 N–H and O–H groups in total. The smallest absolute Gasteiger partial charge is 0.226 e. The quantitative estimate of drug-likeness (QED) is 0.711. The molecule has 140 valence electrons. The number of anilines is 3. The van der Waals surface area contributed by atoms with Crippen LogP contribution in [0.5, 0.6) is 0 Å². The first-order valence-corrected chi connectivity index (χ1v) is 9.54. The summed E-state index contributed by atoms with van der Waals surface area (Å²) in [5, 5.41) is 1.24. The number of para-hydroxylation sites is 1. The molecular formula is C21H26N6. The average molecular weight is 362 g/mol. The Labute approximate surface area is 160 Å². The molecule has 0 amide bonds. The third kappa shape index (κ3) is 3.52. The Balaban J connectivity index is 1.56. The van der Waals surface area contributed by atoms with E-state index in [2.05, 4.69) is 57.0 Å². The topological polar surface area (TPSA) is 48.4 Å². The van der Waals surface area contributed by atoms with Crippen LogP contribution >= 0.6 is 0 Å². The monoisotopic (exact) mass is 362 g/mol. The SMILES string of the molecule is CCc1cc(N2CCN(c3ccnc(N(C)C)n3)CC2)c2ccccc2n1. The number of piperazine rings is 1. The summed E-state index contributed by atoms with van der Waals surface area (Å²) in [7, 11) is 3.94. The normalized spacial score (nSPS) is 14.6. The van der Waals surface area contributed by atoms with E-state index < -0.39 is 0 Å². The molecule has 1 fully saturated rings. The van der Waals surface area contributed by atoms with E-state index >= 15 is 0 Å². The van der Waals surface area contributed by atoms with E-state index in [1.165, 1.54) is 11.1 Å². The highest BCUT2D eigenvalue weighted by molar-refractivity contribution is 5.92. The highest BCUT2D eigenvalue weighted by Gasteiger charge is 2.21. The van der Waals surface area contributed by atoms with E-state index in [0.29, 0.717) is 0 Å². The van der Waals surface area contributed by atoms with Crippen LogP contribution in [0.4, 0.5) is 17.5 Å². The van der Waals surface area contributed by atoms with Crippen molar-refractivity contribution < 1.29 is 0 Å². The fraction of sp³-hybridized carbons (Fsp3) is 0.381. The first-order chi connectivity index (χ1) is 13.2. The Kier molecular flexibility index (Phi) is 4.79. The molecule has 0 bridgehead atoms. The zero-order valence-electron chi connectivity index (χ0n) is 16.3. The predicted octanol–water partition coefficient (Wildman–Crippen LogP) is 2.98. The number of benzene rings is 1. The summed E-state index contributed by atoms with van der Waals surface area (Å²) in [6.07, 6.45) is 2.79. The second kappa shape index (κ2) is 7.39. The second-order valence-corrected chi connectivity index (χ2v) is 7.09. The molecule has 1 aliphatic rings. The van der Waals surface area contributed by atoms with Crippen molar-refractivity contribution in [3.8, 4) is 0 Å². The van der Waals surface area contributed by atoms with E-state index in [9.17, 15) is 0 Å². The molecule has 0 radical (unpaired) electrons. The van der Waals surface area contributed by atoms with E-state index in [1.807, 2.05) is 31.3 Å². The molecule has 6 heteroatoms. The lowest BCUT2D eigenvalue weighted by atomic mass is 10.1. The number of hydrogen-bond donors (Lipinski definition) is 0. The minimum atomic E-state index is 0.752. The average Bonchev–Trinajstić information content (AvgIpc) is 2.73. The van der Waals surface area contributed by atoms with Gasteiger partial charge < -0.3 is 14.7 Å². The van der Waals surface area contributed by atoms with Crippen LogP contribution in [-0.4, -0.2) is 55.2 Å². The van der Waals surface area contributed by atoms with Gasteiger partial charge in [0.25, 0.3) is 0 Å². The van der Waals surface area contributed by atoms with Crippen molar-refractivity contribution >= 4 is 28.4 Å². The van der Waals surface area contributed by atoms with Gasteiger partial charge in [0.1, 0.15) is 5.82 Å². The Morgan fingerprint density at radius 1 is 0.963 bits per heavy atom. The summed E-state index contributed by atoms with van der Waals surface area (Å²) >= 11 is 0. The fourth-order valence-electron chi connectivity index (χ4n) is 3.56. The third-order valence-corrected chi connectivity index (χ3v) is 5.08. The third-order valence-electron chi connectivity index (χ3n) is 5.08. The second-order valence-electron chi connectivity index (χ2n) is 7.09. The van der Waals surface area contributed by atoms with Crippen LogP contribution in [0.25, 0.3) is 10.9 Å². The van der Waals surface area contributed by atoms with Gasteiger partial charge in [0.15, 0.2) is 0 Å². The van der Waals surface area contributed by atoms with Crippen molar-refractivity contribution in [3.63, 3.8) is 0 Å². The molecule has 1 aromatic carbocycles. The minimum absolute atomic E-state index is 0.752. The minimum Gasteiger partial charge on any atom is -0.367 e. The molecule has 0 saturated carbocycles. The highest BCUT2D eigenvalue weighted by atomic mass is 15.3. The molecule has 0 unspecified atom stereocenters. The zero-order chi connectivity index (χ0) is 18.8. The van der Waals surface area contributed by atoms with Gasteiger partial charge in [-0.2, -0.15) is 4.98 Å². The number of rotatable bonds is 4. The highest BCUT2D eigenvalue weighted by Crippen LogP contribution is 2.28. The number of fused-ring (bicyclic) bond motifs is 1. The summed E-state index contributed by atoms with van der Waals surface area (Å²) in [5.74, 6) is 1.75. The molecule has 1 aliphatic heterocycles. The number of aryl methyl sites for hydroxylation is 1. The maximum absolute atomic E-state index is 4.78. The maximum atomic E-state index is 4.78. The Bertz CT molecular complexity index is 931. The maximum Gasteiger partial charge on any atom is 0.226 e. The van der Waals surface area contributed by atoms with Crippen LogP contribution in [-0.2, 0) is 6.42 Å². The van der Waals surface area contributed by atoms with Gasteiger partial charge in [-0.3, -0.25) is 4.98 Å². The zero-order valence-corrected chi connectivity index (χ0v) is 16.3. The summed E-state index contributed by atoms with van der Waals surface area (Å²) in [6.45, 7) is 6.00. The largest absolute Gasteiger partial charge is 0.367 e. The van der Waals surface area contributed by atoms with Gasteiger partial charge in [-0.25, -0.2) is 4.98 Å². The predicted molar refractivity (Wildman–Crippen MR) is 112 cm³/mol. The molecule has 3 aromatic rings. The van der Waals surface area contributed by atoms with Gasteiger partial charge in [0.05, 0.1) is 5.52 Å². The van der Waals surface area contributed by atoms with Crippen molar-refractivity contribution in [1.29, 1.82) is 0 Å². The summed E-state index contributed by atoms with van der Waals surface area (Å²) in [6, 6.07) is 12.7. The molecule has 0 aliphatic carbocycles. The van der Waals surface area contributed by atoms with Gasteiger partial charge in [-0.15, -0.1) is 0 Å². The summed E-state index contributed by atoms with van der Waals surface area (Å²) in [4.78, 5) is 20.5. The number of nitrogens with zero attached hydrogens (tertiary/aromatic N) is 6. The first-order valence-electron chi connectivity index (χ1n) is 9.54. The van der Waals surface area contributed by atoms with Crippen LogP contribution in [0.3, 0.4) is 0 Å². The number of aromatic nitrogens is 3. The van der Waals surface area contributed by atoms with Gasteiger partial charge in [0.2, 0.25) is 5.95 Å². The fourth-order valence-corrected chi connectivity index (χ4v) is 3.56. The Morgan fingerprint density at radius 2 is 1.70 bits per heavy atom. The Morgan fingerprint density at radius 3 is 2.44 bits per heavy atom. The van der Waals surface area contributed by atoms with Gasteiger partial charge in [-0.1, -0.05) is 25.1 Å². The summed E-state index contributed by atoms with van der Waals surface area (Å²) in [5.41, 5.74) is 3.53. The van der Waals surface area contributed by atoms with Crippen LogP contribution in [0.1, 0.15) is 12.6 Å². The molecule has 6 nitrogen and oxygen atoms in total. The molecule has 0 spiro atoms. The van der Waals surface area contributed by atoms with Crippen molar-refractivity contribution in [1.82, 2.24) is 15.0 Å². The van der Waals surface area contributed by atoms with Crippen LogP contribution < -0.4 is 14.7 Å². The lowest BCUT2D eigenvalue weighted by Gasteiger charge is -2.37. The van der Waals surface area contributed by atoms with Gasteiger partial charge in [-0.05, 0) is 24.6 Å². The van der Waals surface area contributed by atoms with Crippen LogP contribution in [0.15, 0.2) is 42.6 Å². The van der Waals surface area contributed by atoms with Crippen LogP contribution in [0, 0.1) is 0 Å². The van der Waals surface area contributed by atoms with Crippen molar-refractivity contribution in [2.24, 2.45) is 0 Å². The van der Waals surface area contributed by atoms with Gasteiger partial charge in [0, 0.05) is 63.2 Å². The van der Waals surface area contributed by atoms with Crippen molar-refractivity contribution in [2.45, 2.75) is 13.3 Å². The molecule has 4 rings (SSSR count). The van der Waals surface area contributed by atoms with Crippen molar-refractivity contribution in [3.05, 3.63) is 48.3 Å². The van der Waals surface area contributed by atoms with Gasteiger partial charge >= 0.3 is 0 Å². The molecule has 27 heavy (non-hydrogen) atoms. The standard InChI is InChI=1S/C21H26N6/c1-4-16-15-19(17-7-5-6-8-18(17)23-16)26-11-13-27(14-12-26)20-9-10-22-21(24-20)25(2)3/h5-10,15H,4,11-14H2,1-3H3. The lowest BCUT2D eigenvalue weighted by molar-refractivity contribution is 0.647. The first kappa shape index (κ1) is 17.5. The van der Waals surface area contributed by atoms with E-state index in [1.54, 1.807) is 0 Å². The molecule has 1 saturated heterocycles. The molecule has 2 aromatic heterocycles. The van der Waals surface area contributed by atoms with Crippen LogP contribution in [0.2, 0.25) is 0 Å². The molecular weight excluding hydrogens is 336 g/mol. The molecule has 0 atom stereocenters. The molecule has 3 heterocycles. The van der Waals surface area contributed by atoms with E-state index in [4.69, 9.17) is 4.98 Å². The summed E-state index contributed by atoms with van der Waals surface area (Å²) < 4.78 is 0. The Hall–Kier alpha value is -2.89. The number of hydrogen-bond acceptors (Lipinski definition) is 6.